The van der Waals surface area contributed by atoms with Gasteiger partial charge in [0.25, 0.3) is 0 Å². The van der Waals surface area contributed by atoms with Gasteiger partial charge in [0.15, 0.2) is 11.5 Å². The summed E-state index contributed by atoms with van der Waals surface area (Å²) in [4.78, 5) is 4.84. The Morgan fingerprint density at radius 1 is 0.897 bits per heavy atom. The van der Waals surface area contributed by atoms with Gasteiger partial charge in [0, 0.05) is 10.6 Å². The second-order valence-electron chi connectivity index (χ2n) is 6.45. The number of halogens is 1. The second-order valence-corrected chi connectivity index (χ2v) is 6.88. The zero-order valence-electron chi connectivity index (χ0n) is 16.3. The minimum absolute atomic E-state index is 0.502. The van der Waals surface area contributed by atoms with Crippen LogP contribution in [-0.4, -0.2) is 30.4 Å². The minimum Gasteiger partial charge on any atom is -0.493 e. The molecular formula is C23H21ClN2O3. The van der Waals surface area contributed by atoms with Crippen molar-refractivity contribution in [3.05, 3.63) is 71.8 Å². The third-order valence-electron chi connectivity index (χ3n) is 4.69. The molecule has 6 heteroatoms. The van der Waals surface area contributed by atoms with Crippen LogP contribution in [0.3, 0.4) is 0 Å². The van der Waals surface area contributed by atoms with Crippen molar-refractivity contribution in [2.24, 2.45) is 0 Å². The first-order chi connectivity index (χ1) is 14.2. The number of para-hydroxylation sites is 2. The third kappa shape index (κ3) is 4.00. The molecule has 0 amide bonds. The maximum absolute atomic E-state index is 5.94. The van der Waals surface area contributed by atoms with Gasteiger partial charge in [-0.1, -0.05) is 23.7 Å². The van der Waals surface area contributed by atoms with Crippen molar-refractivity contribution in [2.75, 3.05) is 20.8 Å². The Hall–Kier alpha value is -3.18. The maximum Gasteiger partial charge on any atom is 0.161 e. The van der Waals surface area contributed by atoms with E-state index in [1.165, 1.54) is 0 Å². The predicted molar refractivity (Wildman–Crippen MR) is 115 cm³/mol. The molecule has 0 aliphatic heterocycles. The van der Waals surface area contributed by atoms with Crippen LogP contribution in [0.2, 0.25) is 5.02 Å². The minimum atomic E-state index is 0.502. The summed E-state index contributed by atoms with van der Waals surface area (Å²) in [6.45, 7) is 1.15. The van der Waals surface area contributed by atoms with Crippen molar-refractivity contribution in [3.63, 3.8) is 0 Å². The van der Waals surface area contributed by atoms with E-state index in [9.17, 15) is 0 Å². The van der Waals surface area contributed by atoms with E-state index in [1.54, 1.807) is 14.2 Å². The zero-order valence-corrected chi connectivity index (χ0v) is 17.0. The van der Waals surface area contributed by atoms with Gasteiger partial charge in [-0.3, -0.25) is 0 Å². The summed E-state index contributed by atoms with van der Waals surface area (Å²) in [5.74, 6) is 2.99. The molecule has 0 fully saturated rings. The van der Waals surface area contributed by atoms with Gasteiger partial charge in [0.2, 0.25) is 0 Å². The zero-order chi connectivity index (χ0) is 20.2. The molecular weight excluding hydrogens is 388 g/mol. The van der Waals surface area contributed by atoms with Crippen LogP contribution in [0.15, 0.2) is 66.7 Å². The van der Waals surface area contributed by atoms with E-state index in [-0.39, 0.29) is 0 Å². The smallest absolute Gasteiger partial charge is 0.161 e. The number of ether oxygens (including phenoxy) is 3. The molecule has 0 radical (unpaired) electrons. The Kier molecular flexibility index (Phi) is 5.58. The molecule has 4 rings (SSSR count). The Bertz CT molecular complexity index is 1120. The molecule has 0 aliphatic rings. The third-order valence-corrected chi connectivity index (χ3v) is 4.95. The molecule has 5 nitrogen and oxygen atoms in total. The number of hydrogen-bond donors (Lipinski definition) is 0. The molecule has 0 unspecified atom stereocenters. The average molecular weight is 409 g/mol. The molecule has 148 valence electrons. The quantitative estimate of drug-likeness (QED) is 0.407. The van der Waals surface area contributed by atoms with E-state index >= 15 is 0 Å². The predicted octanol–water partition coefficient (Wildman–Crippen LogP) is 5.45. The largest absolute Gasteiger partial charge is 0.493 e. The van der Waals surface area contributed by atoms with Gasteiger partial charge >= 0.3 is 0 Å². The van der Waals surface area contributed by atoms with E-state index in [1.807, 2.05) is 60.7 Å². The summed E-state index contributed by atoms with van der Waals surface area (Å²) in [6.07, 6.45) is 0. The van der Waals surface area contributed by atoms with Gasteiger partial charge in [-0.05, 0) is 54.6 Å². The van der Waals surface area contributed by atoms with Crippen LogP contribution in [0.4, 0.5) is 0 Å². The molecule has 1 aromatic heterocycles. The monoisotopic (exact) mass is 408 g/mol. The van der Waals surface area contributed by atoms with Crippen LogP contribution in [-0.2, 0) is 6.54 Å². The topological polar surface area (TPSA) is 45.5 Å². The number of benzene rings is 3. The Balaban J connectivity index is 1.66. The van der Waals surface area contributed by atoms with Crippen molar-refractivity contribution < 1.29 is 14.2 Å². The molecule has 0 spiro atoms. The van der Waals surface area contributed by atoms with Gasteiger partial charge in [0.05, 0.1) is 31.8 Å². The Morgan fingerprint density at radius 3 is 2.41 bits per heavy atom. The lowest BCUT2D eigenvalue weighted by atomic mass is 10.2. The number of hydrogen-bond acceptors (Lipinski definition) is 4. The molecule has 4 aromatic rings. The number of rotatable bonds is 7. The molecule has 1 heterocycles. The average Bonchev–Trinajstić information content (AvgIpc) is 3.13. The van der Waals surface area contributed by atoms with Gasteiger partial charge in [-0.2, -0.15) is 0 Å². The van der Waals surface area contributed by atoms with Crippen LogP contribution in [0.25, 0.3) is 22.4 Å². The lowest BCUT2D eigenvalue weighted by molar-refractivity contribution is 0.301. The fourth-order valence-corrected chi connectivity index (χ4v) is 3.41. The van der Waals surface area contributed by atoms with E-state index in [0.29, 0.717) is 29.7 Å². The summed E-state index contributed by atoms with van der Waals surface area (Å²) in [6, 6.07) is 21.3. The van der Waals surface area contributed by atoms with Crippen molar-refractivity contribution in [2.45, 2.75) is 6.54 Å². The fraction of sp³-hybridized carbons (Fsp3) is 0.174. The van der Waals surface area contributed by atoms with E-state index in [0.717, 1.165) is 28.2 Å². The van der Waals surface area contributed by atoms with Crippen LogP contribution >= 0.6 is 11.6 Å². The molecule has 0 saturated heterocycles. The Morgan fingerprint density at radius 2 is 1.66 bits per heavy atom. The maximum atomic E-state index is 5.94. The van der Waals surface area contributed by atoms with Gasteiger partial charge in [-0.25, -0.2) is 4.98 Å². The number of imidazole rings is 1. The SMILES string of the molecule is COc1ccc(-c2nc3ccccc3n2CCOc2ccc(Cl)cc2)cc1OC. The molecule has 0 bridgehead atoms. The number of nitrogens with zero attached hydrogens (tertiary/aromatic N) is 2. The summed E-state index contributed by atoms with van der Waals surface area (Å²) in [5.41, 5.74) is 2.94. The van der Waals surface area contributed by atoms with Crippen molar-refractivity contribution in [3.8, 4) is 28.6 Å². The highest BCUT2D eigenvalue weighted by atomic mass is 35.5. The van der Waals surface area contributed by atoms with Crippen molar-refractivity contribution >= 4 is 22.6 Å². The molecule has 0 aliphatic carbocycles. The molecule has 29 heavy (non-hydrogen) atoms. The van der Waals surface area contributed by atoms with Crippen LogP contribution in [0.1, 0.15) is 0 Å². The van der Waals surface area contributed by atoms with Crippen LogP contribution < -0.4 is 14.2 Å². The standard InChI is InChI=1S/C23H21ClN2O3/c1-27-21-12-7-16(15-22(21)28-2)23-25-19-5-3-4-6-20(19)26(23)13-14-29-18-10-8-17(24)9-11-18/h3-12,15H,13-14H2,1-2H3. The van der Waals surface area contributed by atoms with Crippen LogP contribution in [0.5, 0.6) is 17.2 Å². The number of methoxy groups -OCH3 is 2. The number of fused-ring (bicyclic) bond motifs is 1. The fourth-order valence-electron chi connectivity index (χ4n) is 3.28. The van der Waals surface area contributed by atoms with E-state index in [2.05, 4.69) is 10.6 Å². The lowest BCUT2D eigenvalue weighted by Gasteiger charge is -2.13. The summed E-state index contributed by atoms with van der Waals surface area (Å²) in [7, 11) is 3.26. The summed E-state index contributed by atoms with van der Waals surface area (Å²) >= 11 is 5.94. The molecule has 3 aromatic carbocycles. The van der Waals surface area contributed by atoms with Crippen LogP contribution in [0, 0.1) is 0 Å². The van der Waals surface area contributed by atoms with Crippen molar-refractivity contribution in [1.82, 2.24) is 9.55 Å². The first-order valence-electron chi connectivity index (χ1n) is 9.25. The van der Waals surface area contributed by atoms with E-state index < -0.39 is 0 Å². The molecule has 0 N–H and O–H groups in total. The highest BCUT2D eigenvalue weighted by Gasteiger charge is 2.15. The highest BCUT2D eigenvalue weighted by molar-refractivity contribution is 6.30. The summed E-state index contributed by atoms with van der Waals surface area (Å²) < 4.78 is 18.9. The molecule has 0 saturated carbocycles. The summed E-state index contributed by atoms with van der Waals surface area (Å²) in [5, 5.41) is 0.689. The second kappa shape index (κ2) is 8.45. The lowest BCUT2D eigenvalue weighted by Crippen LogP contribution is -2.09. The number of aromatic nitrogens is 2. The van der Waals surface area contributed by atoms with Gasteiger partial charge in [-0.15, -0.1) is 0 Å². The van der Waals surface area contributed by atoms with E-state index in [4.69, 9.17) is 30.8 Å². The molecule has 0 atom stereocenters. The first kappa shape index (κ1) is 19.2. The van der Waals surface area contributed by atoms with Gasteiger partial charge in [0.1, 0.15) is 18.2 Å². The first-order valence-corrected chi connectivity index (χ1v) is 9.63. The van der Waals surface area contributed by atoms with Gasteiger partial charge < -0.3 is 18.8 Å². The normalized spacial score (nSPS) is 10.9. The Labute approximate surface area is 174 Å². The van der Waals surface area contributed by atoms with Crippen molar-refractivity contribution in [1.29, 1.82) is 0 Å². The highest BCUT2D eigenvalue weighted by Crippen LogP contribution is 2.33.